The Morgan fingerprint density at radius 2 is 1.61 bits per heavy atom. The van der Waals surface area contributed by atoms with E-state index in [2.05, 4.69) is 0 Å². The molecule has 0 N–H and O–H groups in total. The van der Waals surface area contributed by atoms with Gasteiger partial charge in [-0.3, -0.25) is 9.69 Å². The number of benzene rings is 1. The number of hydrogen-bond donors (Lipinski definition) is 0. The zero-order valence-corrected chi connectivity index (χ0v) is 14.7. The van der Waals surface area contributed by atoms with Crippen LogP contribution in [0.1, 0.15) is 52.6 Å². The maximum Gasteiger partial charge on any atom is 0.410 e. The summed E-state index contributed by atoms with van der Waals surface area (Å²) in [6.45, 7) is 9.90. The third kappa shape index (κ3) is 5.58. The van der Waals surface area contributed by atoms with Crippen LogP contribution in [0.3, 0.4) is 0 Å². The number of ether oxygens (including phenoxy) is 2. The van der Waals surface area contributed by atoms with E-state index in [9.17, 15) is 9.59 Å². The van der Waals surface area contributed by atoms with E-state index in [1.807, 2.05) is 51.1 Å². The van der Waals surface area contributed by atoms with Crippen LogP contribution in [0.2, 0.25) is 0 Å². The number of carbonyl (C=O) groups excluding carboxylic acids is 2. The average molecular weight is 321 g/mol. The molecule has 23 heavy (non-hydrogen) atoms. The van der Waals surface area contributed by atoms with E-state index in [1.165, 1.54) is 0 Å². The van der Waals surface area contributed by atoms with E-state index in [1.54, 1.807) is 18.7 Å². The van der Waals surface area contributed by atoms with Crippen molar-refractivity contribution in [2.45, 2.75) is 52.6 Å². The molecule has 1 aromatic carbocycles. The predicted octanol–water partition coefficient (Wildman–Crippen LogP) is 3.94. The van der Waals surface area contributed by atoms with E-state index in [4.69, 9.17) is 9.47 Å². The highest BCUT2D eigenvalue weighted by Crippen LogP contribution is 2.32. The standard InChI is InChI=1S/C18H27NO4/c1-6-22-16(20)13-15(14-11-9-8-10-12-14)19(18(3,4)5)17(21)23-7-2/h8-12,15H,6-7,13H2,1-5H3. The van der Waals surface area contributed by atoms with Crippen LogP contribution < -0.4 is 0 Å². The first-order chi connectivity index (χ1) is 10.8. The quantitative estimate of drug-likeness (QED) is 0.745. The normalized spacial score (nSPS) is 12.4. The molecular weight excluding hydrogens is 294 g/mol. The number of rotatable bonds is 6. The molecule has 0 heterocycles. The fourth-order valence-corrected chi connectivity index (χ4v) is 2.47. The highest BCUT2D eigenvalue weighted by atomic mass is 16.6. The lowest BCUT2D eigenvalue weighted by atomic mass is 9.96. The molecule has 0 aromatic heterocycles. The number of esters is 1. The molecule has 5 nitrogen and oxygen atoms in total. The summed E-state index contributed by atoms with van der Waals surface area (Å²) < 4.78 is 10.3. The number of nitrogens with zero attached hydrogens (tertiary/aromatic N) is 1. The van der Waals surface area contributed by atoms with Crippen molar-refractivity contribution in [3.05, 3.63) is 35.9 Å². The predicted molar refractivity (Wildman–Crippen MR) is 89.0 cm³/mol. The molecule has 0 aliphatic rings. The van der Waals surface area contributed by atoms with Crippen molar-refractivity contribution in [1.29, 1.82) is 0 Å². The smallest absolute Gasteiger partial charge is 0.410 e. The molecule has 0 spiro atoms. The minimum absolute atomic E-state index is 0.0912. The molecule has 0 fully saturated rings. The van der Waals surface area contributed by atoms with Gasteiger partial charge in [-0.2, -0.15) is 0 Å². The Balaban J connectivity index is 3.22. The summed E-state index contributed by atoms with van der Waals surface area (Å²) in [6, 6.07) is 9.05. The molecule has 0 saturated carbocycles. The van der Waals surface area contributed by atoms with Crippen LogP contribution in [0.4, 0.5) is 4.79 Å². The summed E-state index contributed by atoms with van der Waals surface area (Å²) in [5.41, 5.74) is 0.378. The molecule has 0 saturated heterocycles. The van der Waals surface area contributed by atoms with E-state index in [0.29, 0.717) is 6.61 Å². The lowest BCUT2D eigenvalue weighted by Gasteiger charge is -2.40. The fourth-order valence-electron chi connectivity index (χ4n) is 2.47. The fraction of sp³-hybridized carbons (Fsp3) is 0.556. The molecule has 0 radical (unpaired) electrons. The third-order valence-corrected chi connectivity index (χ3v) is 3.35. The molecule has 1 amide bonds. The largest absolute Gasteiger partial charge is 0.466 e. The molecule has 0 bridgehead atoms. The molecule has 128 valence electrons. The van der Waals surface area contributed by atoms with Crippen molar-refractivity contribution in [2.24, 2.45) is 0 Å². The van der Waals surface area contributed by atoms with Gasteiger partial charge in [0.2, 0.25) is 0 Å². The molecule has 0 aliphatic carbocycles. The van der Waals surface area contributed by atoms with Crippen molar-refractivity contribution >= 4 is 12.1 Å². The van der Waals surface area contributed by atoms with E-state index in [-0.39, 0.29) is 19.0 Å². The molecular formula is C18H27NO4. The molecule has 1 atom stereocenters. The highest BCUT2D eigenvalue weighted by Gasteiger charge is 2.36. The van der Waals surface area contributed by atoms with Gasteiger partial charge in [0.15, 0.2) is 0 Å². The van der Waals surface area contributed by atoms with Gasteiger partial charge in [0, 0.05) is 5.54 Å². The van der Waals surface area contributed by atoms with Crippen LogP contribution in [0.25, 0.3) is 0 Å². The monoisotopic (exact) mass is 321 g/mol. The topological polar surface area (TPSA) is 55.8 Å². The summed E-state index contributed by atoms with van der Waals surface area (Å²) in [6.07, 6.45) is -0.341. The van der Waals surface area contributed by atoms with Gasteiger partial charge >= 0.3 is 12.1 Å². The number of hydrogen-bond acceptors (Lipinski definition) is 4. The molecule has 0 aliphatic heterocycles. The lowest BCUT2D eigenvalue weighted by Crippen LogP contribution is -2.48. The van der Waals surface area contributed by atoms with Gasteiger partial charge in [0.1, 0.15) is 0 Å². The maximum absolute atomic E-state index is 12.5. The van der Waals surface area contributed by atoms with Crippen molar-refractivity contribution in [1.82, 2.24) is 4.90 Å². The number of amides is 1. The Labute approximate surface area is 138 Å². The summed E-state index contributed by atoms with van der Waals surface area (Å²) in [4.78, 5) is 26.1. The van der Waals surface area contributed by atoms with Gasteiger partial charge in [0.05, 0.1) is 25.7 Å². The molecule has 1 aromatic rings. The first kappa shape index (κ1) is 19.0. The van der Waals surface area contributed by atoms with E-state index < -0.39 is 17.7 Å². The van der Waals surface area contributed by atoms with E-state index >= 15 is 0 Å². The van der Waals surface area contributed by atoms with Crippen LogP contribution in [-0.4, -0.2) is 35.7 Å². The van der Waals surface area contributed by atoms with Crippen LogP contribution in [0.5, 0.6) is 0 Å². The van der Waals surface area contributed by atoms with Crippen molar-refractivity contribution < 1.29 is 19.1 Å². The Morgan fingerprint density at radius 3 is 2.09 bits per heavy atom. The zero-order chi connectivity index (χ0) is 17.5. The van der Waals surface area contributed by atoms with E-state index in [0.717, 1.165) is 5.56 Å². The van der Waals surface area contributed by atoms with Gasteiger partial charge < -0.3 is 9.47 Å². The summed E-state index contributed by atoms with van der Waals surface area (Å²) in [5, 5.41) is 0. The second-order valence-electron chi connectivity index (χ2n) is 6.18. The average Bonchev–Trinajstić information content (AvgIpc) is 2.46. The second kappa shape index (κ2) is 8.56. The first-order valence-electron chi connectivity index (χ1n) is 7.97. The van der Waals surface area contributed by atoms with Gasteiger partial charge in [-0.15, -0.1) is 0 Å². The van der Waals surface area contributed by atoms with Gasteiger partial charge in [-0.05, 0) is 40.2 Å². The summed E-state index contributed by atoms with van der Waals surface area (Å²) >= 11 is 0. The molecule has 5 heteroatoms. The van der Waals surface area contributed by atoms with Crippen LogP contribution in [0, 0.1) is 0 Å². The Bertz CT molecular complexity index is 508. The Hall–Kier alpha value is -2.04. The van der Waals surface area contributed by atoms with Crippen LogP contribution >= 0.6 is 0 Å². The van der Waals surface area contributed by atoms with Crippen molar-refractivity contribution in [3.8, 4) is 0 Å². The van der Waals surface area contributed by atoms with Gasteiger partial charge in [-0.1, -0.05) is 30.3 Å². The zero-order valence-electron chi connectivity index (χ0n) is 14.7. The molecule has 1 unspecified atom stereocenters. The summed E-state index contributed by atoms with van der Waals surface area (Å²) in [7, 11) is 0. The lowest BCUT2D eigenvalue weighted by molar-refractivity contribution is -0.144. The van der Waals surface area contributed by atoms with Crippen molar-refractivity contribution in [2.75, 3.05) is 13.2 Å². The number of carbonyl (C=O) groups is 2. The van der Waals surface area contributed by atoms with Crippen molar-refractivity contribution in [3.63, 3.8) is 0 Å². The first-order valence-corrected chi connectivity index (χ1v) is 7.97. The highest BCUT2D eigenvalue weighted by molar-refractivity contribution is 5.74. The van der Waals surface area contributed by atoms with Crippen LogP contribution in [-0.2, 0) is 14.3 Å². The van der Waals surface area contributed by atoms with Gasteiger partial charge in [-0.25, -0.2) is 4.79 Å². The van der Waals surface area contributed by atoms with Crippen LogP contribution in [0.15, 0.2) is 30.3 Å². The SMILES string of the molecule is CCOC(=O)CC(c1ccccc1)N(C(=O)OCC)C(C)(C)C. The Kier molecular flexibility index (Phi) is 7.07. The Morgan fingerprint density at radius 1 is 1.04 bits per heavy atom. The molecule has 1 rings (SSSR count). The minimum Gasteiger partial charge on any atom is -0.466 e. The third-order valence-electron chi connectivity index (χ3n) is 3.35. The summed E-state index contributed by atoms with van der Waals surface area (Å²) in [5.74, 6) is -0.333. The van der Waals surface area contributed by atoms with Gasteiger partial charge in [0.25, 0.3) is 0 Å². The minimum atomic E-state index is -0.501. The maximum atomic E-state index is 12.5. The second-order valence-corrected chi connectivity index (χ2v) is 6.18.